The third kappa shape index (κ3) is 8.49. The van der Waals surface area contributed by atoms with Crippen molar-refractivity contribution >= 4 is 5.97 Å². The predicted octanol–water partition coefficient (Wildman–Crippen LogP) is 7.97. The van der Waals surface area contributed by atoms with Crippen molar-refractivity contribution in [3.8, 4) is 11.5 Å². The van der Waals surface area contributed by atoms with Gasteiger partial charge >= 0.3 is 5.97 Å². The summed E-state index contributed by atoms with van der Waals surface area (Å²) in [5.41, 5.74) is 3.41. The van der Waals surface area contributed by atoms with Crippen LogP contribution in [0.15, 0.2) is 109 Å². The van der Waals surface area contributed by atoms with Crippen LogP contribution < -0.4 is 9.47 Å². The van der Waals surface area contributed by atoms with E-state index in [9.17, 15) is 4.79 Å². The van der Waals surface area contributed by atoms with Gasteiger partial charge in [-0.1, -0.05) is 97.1 Å². The molecule has 0 heterocycles. The normalized spacial score (nSPS) is 12.0. The summed E-state index contributed by atoms with van der Waals surface area (Å²) in [6, 6.07) is 36.8. The van der Waals surface area contributed by atoms with Gasteiger partial charge < -0.3 is 23.7 Å². The standard InChI is InChI=1S/C38H44O6/c1-4-43-37(39)31(16-14-26-42-29-30-24-25-35(40-2)36(28-30)41-3)17-15-27-44-38(32-18-8-5-9-19-32,33-20-10-6-11-21-33)34-22-12-7-13-23-34/h5-13,18-25,28,31H,4,14-17,26-27,29H2,1-3H3. The van der Waals surface area contributed by atoms with Gasteiger partial charge in [-0.3, -0.25) is 4.79 Å². The minimum atomic E-state index is -0.777. The summed E-state index contributed by atoms with van der Waals surface area (Å²) in [6.45, 7) is 3.68. The Morgan fingerprint density at radius 2 is 1.20 bits per heavy atom. The van der Waals surface area contributed by atoms with Crippen LogP contribution in [0.25, 0.3) is 0 Å². The van der Waals surface area contributed by atoms with Crippen molar-refractivity contribution < 1.29 is 28.5 Å². The summed E-state index contributed by atoms with van der Waals surface area (Å²) in [5.74, 6) is 0.982. The first-order valence-corrected chi connectivity index (χ1v) is 15.4. The molecule has 0 saturated heterocycles. The maximum atomic E-state index is 12.9. The van der Waals surface area contributed by atoms with E-state index >= 15 is 0 Å². The number of methoxy groups -OCH3 is 2. The molecule has 4 aromatic rings. The van der Waals surface area contributed by atoms with Crippen LogP contribution in [-0.4, -0.2) is 40.0 Å². The lowest BCUT2D eigenvalue weighted by atomic mass is 9.80. The number of carbonyl (C=O) groups excluding carboxylic acids is 1. The Labute approximate surface area is 261 Å². The van der Waals surface area contributed by atoms with Gasteiger partial charge in [-0.2, -0.15) is 0 Å². The van der Waals surface area contributed by atoms with Gasteiger partial charge in [-0.25, -0.2) is 0 Å². The molecule has 0 radical (unpaired) electrons. The van der Waals surface area contributed by atoms with E-state index < -0.39 is 5.60 Å². The summed E-state index contributed by atoms with van der Waals surface area (Å²) < 4.78 is 29.0. The first kappa shape index (κ1) is 32.8. The number of esters is 1. The molecule has 0 saturated carbocycles. The van der Waals surface area contributed by atoms with Crippen molar-refractivity contribution in [2.45, 2.75) is 44.8 Å². The van der Waals surface area contributed by atoms with Crippen LogP contribution >= 0.6 is 0 Å². The van der Waals surface area contributed by atoms with Crippen molar-refractivity contribution in [1.82, 2.24) is 0 Å². The molecule has 6 nitrogen and oxygen atoms in total. The van der Waals surface area contributed by atoms with E-state index in [-0.39, 0.29) is 11.9 Å². The first-order chi connectivity index (χ1) is 21.6. The van der Waals surface area contributed by atoms with Crippen LogP contribution in [0.2, 0.25) is 0 Å². The summed E-state index contributed by atoms with van der Waals surface area (Å²) in [4.78, 5) is 12.9. The van der Waals surface area contributed by atoms with E-state index in [1.54, 1.807) is 14.2 Å². The maximum Gasteiger partial charge on any atom is 0.308 e. The lowest BCUT2D eigenvalue weighted by Gasteiger charge is -2.36. The van der Waals surface area contributed by atoms with Gasteiger partial charge in [0.2, 0.25) is 0 Å². The molecule has 0 aliphatic heterocycles. The van der Waals surface area contributed by atoms with E-state index in [1.165, 1.54) is 0 Å². The SMILES string of the molecule is CCOC(=O)C(CCCOCc1ccc(OC)c(OC)c1)CCCOC(c1ccccc1)(c1ccccc1)c1ccccc1. The molecular formula is C38H44O6. The molecule has 0 aliphatic carbocycles. The second-order valence-electron chi connectivity index (χ2n) is 10.6. The van der Waals surface area contributed by atoms with E-state index in [4.69, 9.17) is 23.7 Å². The van der Waals surface area contributed by atoms with Gasteiger partial charge in [0.1, 0.15) is 5.60 Å². The van der Waals surface area contributed by atoms with Crippen LogP contribution in [0.1, 0.15) is 54.9 Å². The Morgan fingerprint density at radius 1 is 0.682 bits per heavy atom. The average Bonchev–Trinajstić information content (AvgIpc) is 3.08. The molecular weight excluding hydrogens is 552 g/mol. The van der Waals surface area contributed by atoms with Crippen molar-refractivity contribution in [3.05, 3.63) is 131 Å². The Kier molecular flexibility index (Phi) is 12.8. The molecule has 232 valence electrons. The van der Waals surface area contributed by atoms with Crippen molar-refractivity contribution in [2.24, 2.45) is 5.92 Å². The Hall–Kier alpha value is -4.13. The summed E-state index contributed by atoms with van der Waals surface area (Å²) in [5, 5.41) is 0. The maximum absolute atomic E-state index is 12.9. The van der Waals surface area contributed by atoms with Crippen molar-refractivity contribution in [2.75, 3.05) is 34.0 Å². The van der Waals surface area contributed by atoms with Crippen LogP contribution in [0.3, 0.4) is 0 Å². The number of rotatable bonds is 18. The smallest absolute Gasteiger partial charge is 0.308 e. The minimum absolute atomic E-state index is 0.159. The molecule has 1 atom stereocenters. The van der Waals surface area contributed by atoms with Gasteiger partial charge in [0.05, 0.1) is 33.4 Å². The molecule has 4 aromatic carbocycles. The number of hydrogen-bond donors (Lipinski definition) is 0. The number of carbonyl (C=O) groups is 1. The summed E-state index contributed by atoms with van der Waals surface area (Å²) in [6.07, 6.45) is 2.82. The Morgan fingerprint density at radius 3 is 1.70 bits per heavy atom. The van der Waals surface area contributed by atoms with Crippen LogP contribution in [-0.2, 0) is 31.2 Å². The molecule has 0 N–H and O–H groups in total. The Balaban J connectivity index is 1.39. The highest BCUT2D eigenvalue weighted by Crippen LogP contribution is 2.40. The summed E-state index contributed by atoms with van der Waals surface area (Å²) in [7, 11) is 3.24. The van der Waals surface area contributed by atoms with Crippen LogP contribution in [0, 0.1) is 5.92 Å². The fourth-order valence-electron chi connectivity index (χ4n) is 5.56. The van der Waals surface area contributed by atoms with E-state index in [0.29, 0.717) is 57.2 Å². The van der Waals surface area contributed by atoms with Crippen molar-refractivity contribution in [1.29, 1.82) is 0 Å². The monoisotopic (exact) mass is 596 g/mol. The zero-order chi connectivity index (χ0) is 31.0. The minimum Gasteiger partial charge on any atom is -0.493 e. The zero-order valence-electron chi connectivity index (χ0n) is 26.1. The highest BCUT2D eigenvalue weighted by atomic mass is 16.5. The van der Waals surface area contributed by atoms with Gasteiger partial charge in [0, 0.05) is 13.2 Å². The predicted molar refractivity (Wildman–Crippen MR) is 173 cm³/mol. The Bertz CT molecular complexity index is 1290. The molecule has 0 fully saturated rings. The molecule has 0 aromatic heterocycles. The summed E-state index contributed by atoms with van der Waals surface area (Å²) >= 11 is 0. The van der Waals surface area contributed by atoms with Gasteiger partial charge in [-0.05, 0) is 67.0 Å². The second kappa shape index (κ2) is 17.2. The third-order valence-electron chi connectivity index (χ3n) is 7.73. The molecule has 1 unspecified atom stereocenters. The second-order valence-corrected chi connectivity index (χ2v) is 10.6. The van der Waals surface area contributed by atoms with E-state index in [1.807, 2.05) is 79.7 Å². The number of hydrogen-bond acceptors (Lipinski definition) is 6. The average molecular weight is 597 g/mol. The number of benzene rings is 4. The van der Waals surface area contributed by atoms with Gasteiger partial charge in [0.15, 0.2) is 11.5 Å². The highest BCUT2D eigenvalue weighted by molar-refractivity contribution is 5.72. The molecule has 44 heavy (non-hydrogen) atoms. The van der Waals surface area contributed by atoms with E-state index in [0.717, 1.165) is 28.7 Å². The molecule has 0 amide bonds. The quantitative estimate of drug-likeness (QED) is 0.0660. The molecule has 6 heteroatoms. The first-order valence-electron chi connectivity index (χ1n) is 15.4. The van der Waals surface area contributed by atoms with E-state index in [2.05, 4.69) is 36.4 Å². The lowest BCUT2D eigenvalue weighted by Crippen LogP contribution is -2.33. The van der Waals surface area contributed by atoms with Crippen LogP contribution in [0.5, 0.6) is 11.5 Å². The highest BCUT2D eigenvalue weighted by Gasteiger charge is 2.37. The molecule has 0 bridgehead atoms. The number of ether oxygens (including phenoxy) is 5. The van der Waals surface area contributed by atoms with Crippen molar-refractivity contribution in [3.63, 3.8) is 0 Å². The topological polar surface area (TPSA) is 63.2 Å². The molecule has 4 rings (SSSR count). The fraction of sp³-hybridized carbons (Fsp3) is 0.342. The zero-order valence-corrected chi connectivity index (χ0v) is 26.1. The van der Waals surface area contributed by atoms with Crippen LogP contribution in [0.4, 0.5) is 0 Å². The van der Waals surface area contributed by atoms with Gasteiger partial charge in [0.25, 0.3) is 0 Å². The fourth-order valence-corrected chi connectivity index (χ4v) is 5.56. The molecule has 0 aliphatic rings. The molecule has 0 spiro atoms. The third-order valence-corrected chi connectivity index (χ3v) is 7.73. The largest absolute Gasteiger partial charge is 0.493 e. The van der Waals surface area contributed by atoms with Gasteiger partial charge in [-0.15, -0.1) is 0 Å². The lowest BCUT2D eigenvalue weighted by molar-refractivity contribution is -0.148.